The third-order valence-electron chi connectivity index (χ3n) is 6.50. The second-order valence-corrected chi connectivity index (χ2v) is 8.73. The maximum atomic E-state index is 14.1. The summed E-state index contributed by atoms with van der Waals surface area (Å²) in [5.74, 6) is -0.590. The van der Waals surface area contributed by atoms with Gasteiger partial charge < -0.3 is 19.7 Å². The molecule has 1 aromatic heterocycles. The van der Waals surface area contributed by atoms with Crippen LogP contribution in [0.25, 0.3) is 0 Å². The molecule has 4 rings (SSSR count). The lowest BCUT2D eigenvalue weighted by atomic mass is 9.99. The molecule has 0 aromatic carbocycles. The normalized spacial score (nSPS) is 27.9. The highest BCUT2D eigenvalue weighted by Gasteiger charge is 2.46. The van der Waals surface area contributed by atoms with Crippen molar-refractivity contribution < 1.29 is 23.5 Å². The lowest BCUT2D eigenvalue weighted by molar-refractivity contribution is -0.131. The quantitative estimate of drug-likeness (QED) is 0.668. The molecule has 1 amide bonds. The first-order chi connectivity index (χ1) is 13.4. The number of amides is 1. The van der Waals surface area contributed by atoms with Crippen molar-refractivity contribution in [3.05, 3.63) is 11.8 Å². The summed E-state index contributed by atoms with van der Waals surface area (Å²) in [7, 11) is 0. The first kappa shape index (κ1) is 19.4. The first-order valence-corrected chi connectivity index (χ1v) is 10.0. The van der Waals surface area contributed by atoms with E-state index >= 15 is 0 Å². The van der Waals surface area contributed by atoms with Crippen molar-refractivity contribution in [1.82, 2.24) is 20.4 Å². The van der Waals surface area contributed by atoms with Gasteiger partial charge in [0.15, 0.2) is 0 Å². The van der Waals surface area contributed by atoms with Crippen LogP contribution in [0.15, 0.2) is 4.42 Å². The average Bonchev–Trinajstić information content (AvgIpc) is 3.12. The van der Waals surface area contributed by atoms with Gasteiger partial charge >= 0.3 is 0 Å². The molecule has 3 aliphatic rings. The molecule has 3 fully saturated rings. The molecule has 2 aliphatic carbocycles. The molecule has 1 saturated heterocycles. The van der Waals surface area contributed by atoms with Gasteiger partial charge in [0.05, 0.1) is 19.7 Å². The van der Waals surface area contributed by atoms with Crippen LogP contribution in [0.2, 0.25) is 0 Å². The predicted octanol–water partition coefficient (Wildman–Crippen LogP) is 1.14. The Labute approximate surface area is 162 Å². The van der Waals surface area contributed by atoms with Gasteiger partial charge in [-0.2, -0.15) is 0 Å². The summed E-state index contributed by atoms with van der Waals surface area (Å²) in [5, 5.41) is 20.6. The standard InChI is InChI=1S/C19H27FN4O4/c1-18(6-7-18)17-23-22-16(28-17)15(27)13-8-12(20)10-24(13)14(26)9-21-19(11-25)4-2-3-5-19/h12-13,21,25H,2-11H2,1H3/t12-,13?/m0/s1. The Morgan fingerprint density at radius 1 is 1.29 bits per heavy atom. The van der Waals surface area contributed by atoms with E-state index in [1.165, 1.54) is 4.90 Å². The van der Waals surface area contributed by atoms with Gasteiger partial charge in [0.1, 0.15) is 12.2 Å². The number of hydrogen-bond acceptors (Lipinski definition) is 7. The van der Waals surface area contributed by atoms with Gasteiger partial charge in [-0.1, -0.05) is 19.8 Å². The van der Waals surface area contributed by atoms with Gasteiger partial charge in [-0.25, -0.2) is 4.39 Å². The van der Waals surface area contributed by atoms with Crippen LogP contribution in [-0.2, 0) is 10.2 Å². The molecule has 2 atom stereocenters. The van der Waals surface area contributed by atoms with Gasteiger partial charge in [-0.15, -0.1) is 10.2 Å². The fraction of sp³-hybridized carbons (Fsp3) is 0.789. The van der Waals surface area contributed by atoms with E-state index in [9.17, 15) is 19.1 Å². The molecule has 9 heteroatoms. The number of nitrogens with one attached hydrogen (secondary N) is 1. The summed E-state index contributed by atoms with van der Waals surface area (Å²) >= 11 is 0. The number of aliphatic hydroxyl groups is 1. The van der Waals surface area contributed by atoms with Crippen molar-refractivity contribution in [2.24, 2.45) is 0 Å². The fourth-order valence-corrected chi connectivity index (χ4v) is 4.23. The minimum atomic E-state index is -1.26. The molecular weight excluding hydrogens is 367 g/mol. The van der Waals surface area contributed by atoms with Crippen molar-refractivity contribution in [2.45, 2.75) is 75.0 Å². The smallest absolute Gasteiger partial charge is 0.286 e. The number of nitrogens with zero attached hydrogens (tertiary/aromatic N) is 3. The highest BCUT2D eigenvalue weighted by Crippen LogP contribution is 2.46. The molecule has 2 N–H and O–H groups in total. The summed E-state index contributed by atoms with van der Waals surface area (Å²) in [6, 6.07) is -0.932. The molecule has 0 radical (unpaired) electrons. The van der Waals surface area contributed by atoms with Gasteiger partial charge in [0.25, 0.3) is 5.89 Å². The Bertz CT molecular complexity index is 757. The summed E-state index contributed by atoms with van der Waals surface area (Å²) in [6.07, 6.45) is 4.13. The molecule has 1 aromatic rings. The number of Topliss-reactive ketones (excluding diaryl/α,β-unsaturated/α-hetero) is 1. The van der Waals surface area contributed by atoms with Crippen LogP contribution in [0, 0.1) is 0 Å². The largest absolute Gasteiger partial charge is 0.418 e. The number of ketones is 1. The van der Waals surface area contributed by atoms with Crippen LogP contribution in [0.4, 0.5) is 4.39 Å². The number of aromatic nitrogens is 2. The highest BCUT2D eigenvalue weighted by molar-refractivity contribution is 5.99. The summed E-state index contributed by atoms with van der Waals surface area (Å²) in [5.41, 5.74) is -0.617. The number of carbonyl (C=O) groups excluding carboxylic acids is 2. The maximum Gasteiger partial charge on any atom is 0.286 e. The third kappa shape index (κ3) is 3.57. The first-order valence-electron chi connectivity index (χ1n) is 10.0. The molecule has 1 aliphatic heterocycles. The van der Waals surface area contributed by atoms with Gasteiger partial charge in [-0.05, 0) is 25.7 Å². The molecule has 1 unspecified atom stereocenters. The van der Waals surface area contributed by atoms with Crippen LogP contribution in [0.1, 0.15) is 68.4 Å². The van der Waals surface area contributed by atoms with Crippen molar-refractivity contribution >= 4 is 11.7 Å². The Morgan fingerprint density at radius 3 is 2.64 bits per heavy atom. The van der Waals surface area contributed by atoms with E-state index in [0.29, 0.717) is 5.89 Å². The Balaban J connectivity index is 1.43. The van der Waals surface area contributed by atoms with E-state index in [4.69, 9.17) is 4.42 Å². The zero-order chi connectivity index (χ0) is 19.9. The molecule has 154 valence electrons. The van der Waals surface area contributed by atoms with Gasteiger partial charge in [-0.3, -0.25) is 9.59 Å². The maximum absolute atomic E-state index is 14.1. The van der Waals surface area contributed by atoms with Crippen LogP contribution in [-0.4, -0.2) is 69.3 Å². The van der Waals surface area contributed by atoms with Crippen LogP contribution >= 0.6 is 0 Å². The lowest BCUT2D eigenvalue weighted by Crippen LogP contribution is -2.52. The average molecular weight is 394 g/mol. The topological polar surface area (TPSA) is 109 Å². The summed E-state index contributed by atoms with van der Waals surface area (Å²) in [4.78, 5) is 26.8. The molecule has 0 bridgehead atoms. The molecule has 0 spiro atoms. The minimum Gasteiger partial charge on any atom is -0.418 e. The predicted molar refractivity (Wildman–Crippen MR) is 96.5 cm³/mol. The zero-order valence-corrected chi connectivity index (χ0v) is 16.1. The van der Waals surface area contributed by atoms with E-state index in [-0.39, 0.29) is 43.3 Å². The Kier molecular flexibility index (Phi) is 4.99. The van der Waals surface area contributed by atoms with E-state index in [1.807, 2.05) is 6.92 Å². The van der Waals surface area contributed by atoms with E-state index in [2.05, 4.69) is 15.5 Å². The van der Waals surface area contributed by atoms with E-state index < -0.39 is 23.5 Å². The van der Waals surface area contributed by atoms with Crippen LogP contribution in [0.5, 0.6) is 0 Å². The van der Waals surface area contributed by atoms with Crippen molar-refractivity contribution in [3.63, 3.8) is 0 Å². The van der Waals surface area contributed by atoms with Crippen molar-refractivity contribution in [1.29, 1.82) is 0 Å². The number of hydrogen-bond donors (Lipinski definition) is 2. The fourth-order valence-electron chi connectivity index (χ4n) is 4.23. The molecule has 8 nitrogen and oxygen atoms in total. The van der Waals surface area contributed by atoms with Gasteiger partial charge in [0.2, 0.25) is 17.6 Å². The summed E-state index contributed by atoms with van der Waals surface area (Å²) in [6.45, 7) is 1.79. The second kappa shape index (κ2) is 7.18. The number of halogens is 1. The second-order valence-electron chi connectivity index (χ2n) is 8.73. The number of carbonyl (C=O) groups is 2. The molecule has 2 saturated carbocycles. The number of rotatable bonds is 7. The zero-order valence-electron chi connectivity index (χ0n) is 16.1. The van der Waals surface area contributed by atoms with Crippen LogP contribution < -0.4 is 5.32 Å². The monoisotopic (exact) mass is 394 g/mol. The highest BCUT2D eigenvalue weighted by atomic mass is 19.1. The summed E-state index contributed by atoms with van der Waals surface area (Å²) < 4.78 is 19.6. The molecule has 28 heavy (non-hydrogen) atoms. The molecule has 2 heterocycles. The SMILES string of the molecule is CC1(c2nnc(C(=O)C3C[C@H](F)CN3C(=O)CNC3(CO)CCCC3)o2)CC1. The lowest BCUT2D eigenvalue weighted by Gasteiger charge is -2.30. The van der Waals surface area contributed by atoms with Gasteiger partial charge in [0, 0.05) is 17.4 Å². The Hall–Kier alpha value is -1.87. The van der Waals surface area contributed by atoms with E-state index in [0.717, 1.165) is 38.5 Å². The van der Waals surface area contributed by atoms with E-state index in [1.54, 1.807) is 0 Å². The third-order valence-corrected chi connectivity index (χ3v) is 6.50. The van der Waals surface area contributed by atoms with Crippen molar-refractivity contribution in [2.75, 3.05) is 19.7 Å². The van der Waals surface area contributed by atoms with Crippen LogP contribution in [0.3, 0.4) is 0 Å². The Morgan fingerprint density at radius 2 is 2.00 bits per heavy atom. The van der Waals surface area contributed by atoms with Crippen molar-refractivity contribution in [3.8, 4) is 0 Å². The minimum absolute atomic E-state index is 0.0375. The number of likely N-dealkylation sites (tertiary alicyclic amines) is 1. The molecular formula is C19H27FN4O4. The number of aliphatic hydroxyl groups excluding tert-OH is 1. The number of alkyl halides is 1.